The third-order valence-electron chi connectivity index (χ3n) is 4.98. The SMILES string of the molecule is Cc1cccc(CCCNC(=O)c2ccc(N(C)S(=O)(=O)c3ccc(Cl)cc3)cc2)c1. The van der Waals surface area contributed by atoms with Crippen LogP contribution < -0.4 is 9.62 Å². The minimum absolute atomic E-state index is 0.148. The number of carbonyl (C=O) groups excluding carboxylic acids is 1. The van der Waals surface area contributed by atoms with Crippen molar-refractivity contribution < 1.29 is 13.2 Å². The highest BCUT2D eigenvalue weighted by Crippen LogP contribution is 2.23. The third-order valence-corrected chi connectivity index (χ3v) is 7.03. The lowest BCUT2D eigenvalue weighted by atomic mass is 10.1. The lowest BCUT2D eigenvalue weighted by Crippen LogP contribution is -2.27. The summed E-state index contributed by atoms with van der Waals surface area (Å²) in [5.41, 5.74) is 3.43. The summed E-state index contributed by atoms with van der Waals surface area (Å²) in [5, 5.41) is 3.38. The zero-order valence-corrected chi connectivity index (χ0v) is 19.1. The Kier molecular flexibility index (Phi) is 7.36. The van der Waals surface area contributed by atoms with Gasteiger partial charge in [0.25, 0.3) is 15.9 Å². The molecule has 0 aliphatic carbocycles. The van der Waals surface area contributed by atoms with Crippen molar-refractivity contribution in [1.29, 1.82) is 0 Å². The van der Waals surface area contributed by atoms with Crippen molar-refractivity contribution in [2.75, 3.05) is 17.9 Å². The predicted octanol–water partition coefficient (Wildman–Crippen LogP) is 4.84. The maximum absolute atomic E-state index is 12.8. The van der Waals surface area contributed by atoms with Crippen LogP contribution in [0, 0.1) is 6.92 Å². The molecule has 0 saturated heterocycles. The molecule has 0 atom stereocenters. The summed E-state index contributed by atoms with van der Waals surface area (Å²) in [4.78, 5) is 12.5. The standard InChI is InChI=1S/C24H25ClN2O3S/c1-18-5-3-6-19(17-18)7-4-16-26-24(28)20-8-12-22(13-9-20)27(2)31(29,30)23-14-10-21(25)11-15-23/h3,5-6,8-15,17H,4,7,16H2,1-2H3,(H,26,28). The third kappa shape index (κ3) is 5.87. The molecule has 5 nitrogen and oxygen atoms in total. The van der Waals surface area contributed by atoms with Gasteiger partial charge in [0.1, 0.15) is 0 Å². The number of nitrogens with one attached hydrogen (secondary N) is 1. The fraction of sp³-hybridized carbons (Fsp3) is 0.208. The van der Waals surface area contributed by atoms with E-state index in [1.165, 1.54) is 46.7 Å². The average Bonchev–Trinajstić information content (AvgIpc) is 2.76. The molecule has 162 valence electrons. The van der Waals surface area contributed by atoms with E-state index in [2.05, 4.69) is 30.4 Å². The topological polar surface area (TPSA) is 66.5 Å². The second-order valence-electron chi connectivity index (χ2n) is 7.32. The highest BCUT2D eigenvalue weighted by atomic mass is 35.5. The van der Waals surface area contributed by atoms with Gasteiger partial charge in [0, 0.05) is 24.2 Å². The van der Waals surface area contributed by atoms with Gasteiger partial charge in [0.2, 0.25) is 0 Å². The van der Waals surface area contributed by atoms with E-state index in [1.54, 1.807) is 24.3 Å². The van der Waals surface area contributed by atoms with E-state index < -0.39 is 10.0 Å². The fourth-order valence-corrected chi connectivity index (χ4v) is 4.51. The zero-order chi connectivity index (χ0) is 22.4. The van der Waals surface area contributed by atoms with Gasteiger partial charge in [-0.2, -0.15) is 0 Å². The monoisotopic (exact) mass is 456 g/mol. The number of sulfonamides is 1. The van der Waals surface area contributed by atoms with Crippen LogP contribution >= 0.6 is 11.6 Å². The first-order valence-electron chi connectivity index (χ1n) is 9.96. The second-order valence-corrected chi connectivity index (χ2v) is 9.73. The van der Waals surface area contributed by atoms with Crippen molar-refractivity contribution in [1.82, 2.24) is 5.32 Å². The number of hydrogen-bond acceptors (Lipinski definition) is 3. The molecule has 31 heavy (non-hydrogen) atoms. The van der Waals surface area contributed by atoms with Gasteiger partial charge < -0.3 is 5.32 Å². The first-order chi connectivity index (χ1) is 14.8. The van der Waals surface area contributed by atoms with Crippen LogP contribution in [0.1, 0.15) is 27.9 Å². The lowest BCUT2D eigenvalue weighted by Gasteiger charge is -2.19. The number of hydrogen-bond donors (Lipinski definition) is 1. The van der Waals surface area contributed by atoms with Crippen LogP contribution in [0.3, 0.4) is 0 Å². The van der Waals surface area contributed by atoms with Crippen LogP contribution in [0.2, 0.25) is 5.02 Å². The molecule has 1 amide bonds. The largest absolute Gasteiger partial charge is 0.352 e. The number of aryl methyl sites for hydroxylation is 2. The summed E-state index contributed by atoms with van der Waals surface area (Å²) >= 11 is 5.84. The Balaban J connectivity index is 1.57. The molecule has 0 aliphatic heterocycles. The molecule has 0 aromatic heterocycles. The molecule has 0 bridgehead atoms. The Morgan fingerprint density at radius 1 is 1.00 bits per heavy atom. The number of halogens is 1. The Labute approximate surface area is 188 Å². The van der Waals surface area contributed by atoms with Gasteiger partial charge in [-0.3, -0.25) is 9.10 Å². The zero-order valence-electron chi connectivity index (χ0n) is 17.5. The molecule has 0 unspecified atom stereocenters. The van der Waals surface area contributed by atoms with Crippen LogP contribution in [-0.2, 0) is 16.4 Å². The van der Waals surface area contributed by atoms with Crippen LogP contribution in [0.15, 0.2) is 77.7 Å². The van der Waals surface area contributed by atoms with E-state index in [0.29, 0.717) is 22.8 Å². The molecule has 0 saturated carbocycles. The molecular formula is C24H25ClN2O3S. The summed E-state index contributed by atoms with van der Waals surface area (Å²) in [6, 6.07) is 20.8. The van der Waals surface area contributed by atoms with Gasteiger partial charge >= 0.3 is 0 Å². The van der Waals surface area contributed by atoms with E-state index in [1.807, 2.05) is 6.07 Å². The molecule has 3 rings (SSSR count). The minimum atomic E-state index is -3.71. The molecule has 3 aromatic carbocycles. The first kappa shape index (κ1) is 22.8. The van der Waals surface area contributed by atoms with Gasteiger partial charge in [0.05, 0.1) is 10.6 Å². The maximum Gasteiger partial charge on any atom is 0.264 e. The van der Waals surface area contributed by atoms with E-state index in [4.69, 9.17) is 11.6 Å². The number of benzene rings is 3. The summed E-state index contributed by atoms with van der Waals surface area (Å²) in [6.45, 7) is 2.63. The molecule has 0 heterocycles. The van der Waals surface area contributed by atoms with E-state index in [-0.39, 0.29) is 10.8 Å². The molecule has 7 heteroatoms. The lowest BCUT2D eigenvalue weighted by molar-refractivity contribution is 0.0953. The van der Waals surface area contributed by atoms with E-state index in [0.717, 1.165) is 12.8 Å². The number of nitrogens with zero attached hydrogens (tertiary/aromatic N) is 1. The Bertz CT molecular complexity index is 1140. The summed E-state index contributed by atoms with van der Waals surface area (Å²) in [5.74, 6) is -0.181. The number of anilines is 1. The number of carbonyl (C=O) groups is 1. The highest BCUT2D eigenvalue weighted by Gasteiger charge is 2.21. The molecule has 1 N–H and O–H groups in total. The van der Waals surface area contributed by atoms with Gasteiger partial charge in [-0.15, -0.1) is 0 Å². The van der Waals surface area contributed by atoms with Crippen LogP contribution in [0.4, 0.5) is 5.69 Å². The predicted molar refractivity (Wildman–Crippen MR) is 125 cm³/mol. The van der Waals surface area contributed by atoms with Crippen molar-refractivity contribution in [2.45, 2.75) is 24.7 Å². The first-order valence-corrected chi connectivity index (χ1v) is 11.8. The van der Waals surface area contributed by atoms with Crippen molar-refractivity contribution >= 4 is 33.2 Å². The summed E-state index contributed by atoms with van der Waals surface area (Å²) in [6.07, 6.45) is 1.74. The molecule has 0 spiro atoms. The Hall–Kier alpha value is -2.83. The van der Waals surface area contributed by atoms with Gasteiger partial charge in [-0.05, 0) is 73.9 Å². The van der Waals surface area contributed by atoms with Crippen molar-refractivity contribution in [3.8, 4) is 0 Å². The summed E-state index contributed by atoms with van der Waals surface area (Å²) in [7, 11) is -2.24. The van der Waals surface area contributed by atoms with E-state index in [9.17, 15) is 13.2 Å². The fourth-order valence-electron chi connectivity index (χ4n) is 3.19. The van der Waals surface area contributed by atoms with Crippen molar-refractivity contribution in [2.24, 2.45) is 0 Å². The van der Waals surface area contributed by atoms with Crippen molar-refractivity contribution in [3.63, 3.8) is 0 Å². The van der Waals surface area contributed by atoms with Gasteiger partial charge in [-0.25, -0.2) is 8.42 Å². The molecule has 3 aromatic rings. The average molecular weight is 457 g/mol. The quantitative estimate of drug-likeness (QED) is 0.493. The molecule has 0 radical (unpaired) electrons. The smallest absolute Gasteiger partial charge is 0.264 e. The maximum atomic E-state index is 12.8. The Morgan fingerprint density at radius 2 is 1.68 bits per heavy atom. The number of rotatable bonds is 8. The second kappa shape index (κ2) is 9.98. The van der Waals surface area contributed by atoms with Crippen molar-refractivity contribution in [3.05, 3.63) is 94.5 Å². The van der Waals surface area contributed by atoms with Gasteiger partial charge in [0.15, 0.2) is 0 Å². The molecule has 0 fully saturated rings. The Morgan fingerprint density at radius 3 is 2.32 bits per heavy atom. The molecular weight excluding hydrogens is 432 g/mol. The highest BCUT2D eigenvalue weighted by molar-refractivity contribution is 7.92. The number of amides is 1. The van der Waals surface area contributed by atoms with Crippen LogP contribution in [0.5, 0.6) is 0 Å². The normalized spacial score (nSPS) is 11.2. The van der Waals surface area contributed by atoms with E-state index >= 15 is 0 Å². The van der Waals surface area contributed by atoms with Crippen LogP contribution in [-0.4, -0.2) is 27.9 Å². The minimum Gasteiger partial charge on any atom is -0.352 e. The van der Waals surface area contributed by atoms with Crippen LogP contribution in [0.25, 0.3) is 0 Å². The summed E-state index contributed by atoms with van der Waals surface area (Å²) < 4.78 is 26.7. The van der Waals surface area contributed by atoms with Gasteiger partial charge in [-0.1, -0.05) is 41.4 Å². The molecule has 0 aliphatic rings.